The Kier molecular flexibility index (Phi) is 3.85. The molecule has 4 nitrogen and oxygen atoms in total. The number of hydrogen-bond donors (Lipinski definition) is 1. The van der Waals surface area contributed by atoms with Crippen LogP contribution in [0.5, 0.6) is 0 Å². The molecule has 1 aromatic rings. The van der Waals surface area contributed by atoms with Crippen LogP contribution in [0.15, 0.2) is 12.3 Å². The zero-order valence-electron chi connectivity index (χ0n) is 8.50. The molecule has 1 rings (SSSR count). The maximum atomic E-state index is 12.6. The van der Waals surface area contributed by atoms with Gasteiger partial charge in [-0.05, 0) is 18.3 Å². The van der Waals surface area contributed by atoms with Crippen LogP contribution >= 0.6 is 12.2 Å². The number of alkyl halides is 3. The Labute approximate surface area is 100 Å². The van der Waals surface area contributed by atoms with Crippen molar-refractivity contribution in [1.29, 1.82) is 5.26 Å². The molecule has 0 bridgehead atoms. The van der Waals surface area contributed by atoms with Crippen LogP contribution in [0.1, 0.15) is 11.3 Å². The highest BCUT2D eigenvalue weighted by Gasteiger charge is 2.34. The molecule has 0 aliphatic rings. The maximum Gasteiger partial charge on any atom is 0.419 e. The minimum absolute atomic E-state index is 0.00294. The lowest BCUT2D eigenvalue weighted by atomic mass is 10.2. The van der Waals surface area contributed by atoms with Crippen molar-refractivity contribution in [1.82, 2.24) is 4.98 Å². The van der Waals surface area contributed by atoms with Gasteiger partial charge in [0.1, 0.15) is 6.07 Å². The largest absolute Gasteiger partial charge is 0.474 e. The van der Waals surface area contributed by atoms with Gasteiger partial charge < -0.3 is 10.1 Å². The third kappa shape index (κ3) is 3.29. The summed E-state index contributed by atoms with van der Waals surface area (Å²) in [6.45, 7) is 0. The summed E-state index contributed by atoms with van der Waals surface area (Å²) in [5, 5.41) is 10.8. The van der Waals surface area contributed by atoms with Crippen molar-refractivity contribution in [2.45, 2.75) is 6.18 Å². The fourth-order valence-corrected chi connectivity index (χ4v) is 1.13. The van der Waals surface area contributed by atoms with E-state index in [9.17, 15) is 13.2 Å². The summed E-state index contributed by atoms with van der Waals surface area (Å²) in [5.74, 6) is 0. The minimum Gasteiger partial charge on any atom is -0.474 e. The SMILES string of the molecule is COC(=S)Nc1cnc(C#N)c(C(F)(F)F)c1. The third-order valence-corrected chi connectivity index (χ3v) is 2.00. The van der Waals surface area contributed by atoms with Crippen LogP contribution in [-0.4, -0.2) is 17.3 Å². The van der Waals surface area contributed by atoms with Gasteiger partial charge in [-0.3, -0.25) is 0 Å². The van der Waals surface area contributed by atoms with Crippen molar-refractivity contribution in [2.24, 2.45) is 0 Å². The summed E-state index contributed by atoms with van der Waals surface area (Å²) in [6.07, 6.45) is -3.58. The molecule has 0 atom stereocenters. The lowest BCUT2D eigenvalue weighted by Crippen LogP contribution is -2.14. The van der Waals surface area contributed by atoms with Crippen molar-refractivity contribution in [2.75, 3.05) is 12.4 Å². The van der Waals surface area contributed by atoms with E-state index >= 15 is 0 Å². The molecule has 0 unspecified atom stereocenters. The molecule has 0 aliphatic carbocycles. The molecule has 0 saturated heterocycles. The summed E-state index contributed by atoms with van der Waals surface area (Å²) in [5.41, 5.74) is -1.81. The number of nitrogens with zero attached hydrogens (tertiary/aromatic N) is 2. The number of anilines is 1. The fourth-order valence-electron chi connectivity index (χ4n) is 1.01. The molecule has 0 saturated carbocycles. The van der Waals surface area contributed by atoms with Gasteiger partial charge in [0.2, 0.25) is 0 Å². The van der Waals surface area contributed by atoms with Crippen LogP contribution in [-0.2, 0) is 10.9 Å². The molecule has 8 heteroatoms. The van der Waals surface area contributed by atoms with E-state index in [0.29, 0.717) is 0 Å². The van der Waals surface area contributed by atoms with Gasteiger partial charge >= 0.3 is 6.18 Å². The molecule has 1 aromatic heterocycles. The van der Waals surface area contributed by atoms with Gasteiger partial charge in [-0.2, -0.15) is 18.4 Å². The Morgan fingerprint density at radius 2 is 2.24 bits per heavy atom. The van der Waals surface area contributed by atoms with Gasteiger partial charge in [-0.25, -0.2) is 4.98 Å². The molecule has 0 aromatic carbocycles. The van der Waals surface area contributed by atoms with E-state index in [1.165, 1.54) is 13.2 Å². The van der Waals surface area contributed by atoms with Gasteiger partial charge in [-0.15, -0.1) is 0 Å². The Bertz CT molecular complexity index is 481. The van der Waals surface area contributed by atoms with Crippen LogP contribution in [0.2, 0.25) is 0 Å². The Balaban J connectivity index is 3.15. The van der Waals surface area contributed by atoms with E-state index in [-0.39, 0.29) is 10.9 Å². The first-order valence-electron chi connectivity index (χ1n) is 4.20. The topological polar surface area (TPSA) is 57.9 Å². The van der Waals surface area contributed by atoms with E-state index in [4.69, 9.17) is 5.26 Å². The smallest absolute Gasteiger partial charge is 0.419 e. The highest BCUT2D eigenvalue weighted by Crippen LogP contribution is 2.32. The van der Waals surface area contributed by atoms with Crippen molar-refractivity contribution in [3.63, 3.8) is 0 Å². The average molecular weight is 261 g/mol. The number of halogens is 3. The number of thiocarbonyl (C=S) groups is 1. The molecule has 90 valence electrons. The van der Waals surface area contributed by atoms with Crippen LogP contribution < -0.4 is 5.32 Å². The second-order valence-electron chi connectivity index (χ2n) is 2.85. The number of ether oxygens (including phenoxy) is 1. The fraction of sp³-hybridized carbons (Fsp3) is 0.222. The normalized spacial score (nSPS) is 10.5. The van der Waals surface area contributed by atoms with Crippen molar-refractivity contribution >= 4 is 23.1 Å². The number of aromatic nitrogens is 1. The monoisotopic (exact) mass is 261 g/mol. The van der Waals surface area contributed by atoms with Crippen LogP contribution in [0, 0.1) is 11.3 Å². The third-order valence-electron chi connectivity index (χ3n) is 1.73. The predicted molar refractivity (Wildman–Crippen MR) is 57.2 cm³/mol. The Morgan fingerprint density at radius 3 is 2.71 bits per heavy atom. The first-order chi connectivity index (χ1) is 7.88. The number of pyridine rings is 1. The van der Waals surface area contributed by atoms with Gasteiger partial charge in [0.15, 0.2) is 5.69 Å². The summed E-state index contributed by atoms with van der Waals surface area (Å²) in [7, 11) is 1.27. The maximum absolute atomic E-state index is 12.6. The summed E-state index contributed by atoms with van der Waals surface area (Å²) < 4.78 is 42.2. The van der Waals surface area contributed by atoms with Gasteiger partial charge in [0.25, 0.3) is 5.17 Å². The predicted octanol–water partition coefficient (Wildman–Crippen LogP) is 2.32. The number of methoxy groups -OCH3 is 1. The van der Waals surface area contributed by atoms with E-state index in [2.05, 4.69) is 27.3 Å². The number of hydrogen-bond acceptors (Lipinski definition) is 4. The van der Waals surface area contributed by atoms with Crippen LogP contribution in [0.4, 0.5) is 18.9 Å². The number of nitrogens with one attached hydrogen (secondary N) is 1. The molecule has 0 spiro atoms. The van der Waals surface area contributed by atoms with Crippen LogP contribution in [0.3, 0.4) is 0 Å². The number of nitriles is 1. The lowest BCUT2D eigenvalue weighted by molar-refractivity contribution is -0.138. The molecule has 0 amide bonds. The standard InChI is InChI=1S/C9H6F3N3OS/c1-16-8(17)15-5-2-6(9(10,11)12)7(3-13)14-4-5/h2,4H,1H3,(H,15,17). The summed E-state index contributed by atoms with van der Waals surface area (Å²) in [6, 6.07) is 2.12. The number of rotatable bonds is 1. The highest BCUT2D eigenvalue weighted by molar-refractivity contribution is 7.80. The van der Waals surface area contributed by atoms with Gasteiger partial charge in [-0.1, -0.05) is 0 Å². The van der Waals surface area contributed by atoms with Crippen molar-refractivity contribution in [3.05, 3.63) is 23.5 Å². The molecule has 0 radical (unpaired) electrons. The quantitative estimate of drug-likeness (QED) is 0.786. The second-order valence-corrected chi connectivity index (χ2v) is 3.22. The van der Waals surface area contributed by atoms with E-state index in [1.807, 2.05) is 0 Å². The average Bonchev–Trinajstić information content (AvgIpc) is 2.27. The highest BCUT2D eigenvalue weighted by atomic mass is 32.1. The molecule has 1 N–H and O–H groups in total. The molecule has 0 aliphatic heterocycles. The van der Waals surface area contributed by atoms with E-state index in [1.54, 1.807) is 0 Å². The van der Waals surface area contributed by atoms with E-state index in [0.717, 1.165) is 12.3 Å². The van der Waals surface area contributed by atoms with Crippen LogP contribution in [0.25, 0.3) is 0 Å². The summed E-state index contributed by atoms with van der Waals surface area (Å²) >= 11 is 4.63. The molecular formula is C9H6F3N3OS. The first kappa shape index (κ1) is 13.2. The van der Waals surface area contributed by atoms with Crippen molar-refractivity contribution < 1.29 is 17.9 Å². The summed E-state index contributed by atoms with van der Waals surface area (Å²) in [4.78, 5) is 3.39. The van der Waals surface area contributed by atoms with Gasteiger partial charge in [0.05, 0.1) is 24.6 Å². The zero-order chi connectivity index (χ0) is 13.1. The molecule has 0 fully saturated rings. The minimum atomic E-state index is -4.65. The first-order valence-corrected chi connectivity index (χ1v) is 4.61. The van der Waals surface area contributed by atoms with Crippen molar-refractivity contribution in [3.8, 4) is 6.07 Å². The Morgan fingerprint density at radius 1 is 1.59 bits per heavy atom. The zero-order valence-corrected chi connectivity index (χ0v) is 9.32. The lowest BCUT2D eigenvalue weighted by Gasteiger charge is -2.11. The molecular weight excluding hydrogens is 255 g/mol. The second kappa shape index (κ2) is 4.97. The Hall–Kier alpha value is -1.88. The van der Waals surface area contributed by atoms with E-state index < -0.39 is 17.4 Å². The molecule has 17 heavy (non-hydrogen) atoms. The van der Waals surface area contributed by atoms with Gasteiger partial charge in [0, 0.05) is 0 Å². The molecule has 1 heterocycles.